The van der Waals surface area contributed by atoms with Crippen molar-refractivity contribution < 1.29 is 27.0 Å². The number of aromatic nitrogens is 2. The zero-order valence-corrected chi connectivity index (χ0v) is 22.2. The van der Waals surface area contributed by atoms with Crippen LogP contribution in [0.25, 0.3) is 33.2 Å². The van der Waals surface area contributed by atoms with Crippen LogP contribution in [-0.2, 0) is 15.4 Å². The fraction of sp³-hybridized carbons (Fsp3) is 0.259. The molecule has 0 fully saturated rings. The maximum absolute atomic E-state index is 15.1. The number of halogens is 1. The monoisotopic (exact) mass is 539 g/mol. The number of methoxy groups -OCH3 is 2. The summed E-state index contributed by atoms with van der Waals surface area (Å²) < 4.78 is 57.6. The summed E-state index contributed by atoms with van der Waals surface area (Å²) in [7, 11) is -0.553. The largest absolute Gasteiger partial charge is 0.496 e. The third-order valence-corrected chi connectivity index (χ3v) is 7.07. The highest BCUT2D eigenvalue weighted by Crippen LogP contribution is 2.53. The lowest BCUT2D eigenvalue weighted by Crippen LogP contribution is -2.19. The van der Waals surface area contributed by atoms with Crippen LogP contribution >= 0.6 is 0 Å². The molecule has 1 aliphatic heterocycles. The van der Waals surface area contributed by atoms with Crippen LogP contribution in [0, 0.1) is 5.82 Å². The number of ether oxygens (including phenoxy) is 3. The van der Waals surface area contributed by atoms with Gasteiger partial charge in [0.15, 0.2) is 5.88 Å². The maximum Gasteiger partial charge on any atom is 0.258 e. The minimum absolute atomic E-state index is 0.109. The first-order chi connectivity index (χ1) is 17.9. The molecule has 0 radical (unpaired) electrons. The third kappa shape index (κ3) is 4.32. The SMILES string of the molecule is COc1ccc(-c2c3c(c(OC)c4cc(-c5ccc(NS(C)(=O)=O)cc5F)cnc24)C(C)(C)CO3)c(=O)[nH]1. The smallest absolute Gasteiger partial charge is 0.258 e. The number of fused-ring (bicyclic) bond motifs is 2. The Balaban J connectivity index is 1.78. The Bertz CT molecular complexity index is 1770. The van der Waals surface area contributed by atoms with E-state index in [2.05, 4.69) is 14.7 Å². The van der Waals surface area contributed by atoms with Crippen molar-refractivity contribution in [3.8, 4) is 39.6 Å². The number of sulfonamides is 1. The third-order valence-electron chi connectivity index (χ3n) is 6.46. The second-order valence-corrected chi connectivity index (χ2v) is 11.5. The number of nitrogens with one attached hydrogen (secondary N) is 2. The fourth-order valence-electron chi connectivity index (χ4n) is 4.80. The minimum Gasteiger partial charge on any atom is -0.496 e. The van der Waals surface area contributed by atoms with Crippen LogP contribution in [0.15, 0.2) is 47.4 Å². The van der Waals surface area contributed by atoms with Crippen LogP contribution in [0.3, 0.4) is 0 Å². The van der Waals surface area contributed by atoms with Gasteiger partial charge in [0.25, 0.3) is 5.56 Å². The standard InChI is InChI=1S/C27H26FN3O6S/c1-27(2)13-37-25-21(17-8-9-20(35-3)30-26(17)32)23-18(24(36-4)22(25)27)10-14(12-29-23)16-7-6-15(11-19(16)28)31-38(5,33)34/h6-12,31H,13H2,1-5H3,(H,30,32). The molecule has 1 aliphatic rings. The van der Waals surface area contributed by atoms with Gasteiger partial charge in [0.2, 0.25) is 10.0 Å². The summed E-state index contributed by atoms with van der Waals surface area (Å²) in [6.07, 6.45) is 2.49. The molecule has 0 atom stereocenters. The molecular formula is C27H26FN3O6S. The first kappa shape index (κ1) is 25.5. The number of hydrogen-bond acceptors (Lipinski definition) is 7. The van der Waals surface area contributed by atoms with Crippen LogP contribution < -0.4 is 24.5 Å². The predicted molar refractivity (Wildman–Crippen MR) is 143 cm³/mol. The van der Waals surface area contributed by atoms with E-state index in [1.165, 1.54) is 25.4 Å². The summed E-state index contributed by atoms with van der Waals surface area (Å²) in [4.78, 5) is 20.4. The van der Waals surface area contributed by atoms with Crippen LogP contribution in [0.1, 0.15) is 19.4 Å². The van der Waals surface area contributed by atoms with Gasteiger partial charge in [-0.05, 0) is 36.4 Å². The first-order valence-electron chi connectivity index (χ1n) is 11.7. The highest BCUT2D eigenvalue weighted by Gasteiger charge is 2.39. The summed E-state index contributed by atoms with van der Waals surface area (Å²) in [5.41, 5.74) is 2.04. The van der Waals surface area contributed by atoms with Gasteiger partial charge in [-0.2, -0.15) is 0 Å². The molecule has 38 heavy (non-hydrogen) atoms. The van der Waals surface area contributed by atoms with Crippen molar-refractivity contribution >= 4 is 26.6 Å². The van der Waals surface area contributed by atoms with E-state index < -0.39 is 21.3 Å². The van der Waals surface area contributed by atoms with Gasteiger partial charge in [-0.1, -0.05) is 13.8 Å². The fourth-order valence-corrected chi connectivity index (χ4v) is 5.35. The number of H-pyrrole nitrogens is 1. The molecule has 4 aromatic rings. The van der Waals surface area contributed by atoms with Crippen molar-refractivity contribution in [3.05, 3.63) is 64.3 Å². The van der Waals surface area contributed by atoms with Crippen molar-refractivity contribution in [1.29, 1.82) is 0 Å². The van der Waals surface area contributed by atoms with E-state index in [1.807, 2.05) is 13.8 Å². The Morgan fingerprint density at radius 1 is 1.11 bits per heavy atom. The molecule has 5 rings (SSSR count). The van der Waals surface area contributed by atoms with Gasteiger partial charge >= 0.3 is 0 Å². The van der Waals surface area contributed by atoms with Crippen LogP contribution in [0.2, 0.25) is 0 Å². The summed E-state index contributed by atoms with van der Waals surface area (Å²) >= 11 is 0. The number of nitrogens with zero attached hydrogens (tertiary/aromatic N) is 1. The van der Waals surface area contributed by atoms with Crippen molar-refractivity contribution in [2.75, 3.05) is 31.8 Å². The molecule has 198 valence electrons. The zero-order valence-electron chi connectivity index (χ0n) is 21.4. The van der Waals surface area contributed by atoms with E-state index in [4.69, 9.17) is 14.2 Å². The molecule has 9 nitrogen and oxygen atoms in total. The summed E-state index contributed by atoms with van der Waals surface area (Å²) in [6, 6.07) is 9.11. The predicted octanol–water partition coefficient (Wildman–Crippen LogP) is 4.45. The van der Waals surface area contributed by atoms with E-state index in [9.17, 15) is 13.2 Å². The second kappa shape index (κ2) is 9.02. The molecule has 2 aromatic heterocycles. The van der Waals surface area contributed by atoms with E-state index in [-0.39, 0.29) is 16.8 Å². The van der Waals surface area contributed by atoms with Crippen LogP contribution in [-0.4, -0.2) is 45.5 Å². The van der Waals surface area contributed by atoms with Crippen LogP contribution in [0.5, 0.6) is 17.4 Å². The molecule has 11 heteroatoms. The van der Waals surface area contributed by atoms with Crippen LogP contribution in [0.4, 0.5) is 10.1 Å². The average Bonchev–Trinajstić information content (AvgIpc) is 3.16. The van der Waals surface area contributed by atoms with Crippen molar-refractivity contribution in [1.82, 2.24) is 9.97 Å². The Labute approximate surface area is 218 Å². The summed E-state index contributed by atoms with van der Waals surface area (Å²) in [6.45, 7) is 4.39. The normalized spacial score (nSPS) is 14.2. The zero-order chi connectivity index (χ0) is 27.4. The molecular weight excluding hydrogens is 513 g/mol. The molecule has 0 saturated heterocycles. The number of pyridine rings is 2. The quantitative estimate of drug-likeness (QED) is 0.371. The number of aromatic amines is 1. The Morgan fingerprint density at radius 2 is 1.84 bits per heavy atom. The molecule has 0 spiro atoms. The van der Waals surface area contributed by atoms with Gasteiger partial charge < -0.3 is 14.2 Å². The number of hydrogen-bond donors (Lipinski definition) is 2. The summed E-state index contributed by atoms with van der Waals surface area (Å²) in [5.74, 6) is 0.721. The van der Waals surface area contributed by atoms with Gasteiger partial charge in [0, 0.05) is 33.7 Å². The van der Waals surface area contributed by atoms with Crippen molar-refractivity contribution in [2.24, 2.45) is 0 Å². The summed E-state index contributed by atoms with van der Waals surface area (Å²) in [5, 5.41) is 0.574. The van der Waals surface area contributed by atoms with Gasteiger partial charge in [0.1, 0.15) is 17.3 Å². The topological polar surface area (TPSA) is 120 Å². The molecule has 0 bridgehead atoms. The number of anilines is 1. The lowest BCUT2D eigenvalue weighted by molar-refractivity contribution is 0.290. The molecule has 2 aromatic carbocycles. The molecule has 0 saturated carbocycles. The lowest BCUT2D eigenvalue weighted by atomic mass is 9.83. The number of rotatable bonds is 6. The van der Waals surface area contributed by atoms with E-state index in [0.29, 0.717) is 51.6 Å². The average molecular weight is 540 g/mol. The van der Waals surface area contributed by atoms with E-state index in [0.717, 1.165) is 17.9 Å². The van der Waals surface area contributed by atoms with Gasteiger partial charge in [-0.15, -0.1) is 0 Å². The van der Waals surface area contributed by atoms with Crippen molar-refractivity contribution in [3.63, 3.8) is 0 Å². The highest BCUT2D eigenvalue weighted by atomic mass is 32.2. The second-order valence-electron chi connectivity index (χ2n) is 9.74. The molecule has 0 aliphatic carbocycles. The van der Waals surface area contributed by atoms with Crippen molar-refractivity contribution in [2.45, 2.75) is 19.3 Å². The van der Waals surface area contributed by atoms with E-state index in [1.54, 1.807) is 25.3 Å². The van der Waals surface area contributed by atoms with E-state index >= 15 is 4.39 Å². The minimum atomic E-state index is -3.56. The molecule has 3 heterocycles. The molecule has 0 unspecified atom stereocenters. The highest BCUT2D eigenvalue weighted by molar-refractivity contribution is 7.92. The van der Waals surface area contributed by atoms with Gasteiger partial charge in [-0.3, -0.25) is 19.5 Å². The number of benzene rings is 2. The maximum atomic E-state index is 15.1. The van der Waals surface area contributed by atoms with Gasteiger partial charge in [0.05, 0.1) is 49.4 Å². The first-order valence-corrected chi connectivity index (χ1v) is 13.5. The molecule has 2 N–H and O–H groups in total. The van der Waals surface area contributed by atoms with Gasteiger partial charge in [-0.25, -0.2) is 12.8 Å². The molecule has 0 amide bonds. The Kier molecular flexibility index (Phi) is 6.06. The lowest BCUT2D eigenvalue weighted by Gasteiger charge is -2.21. The Morgan fingerprint density at radius 3 is 2.47 bits per heavy atom. The Hall–Kier alpha value is -4.12.